The number of amides is 1. The summed E-state index contributed by atoms with van der Waals surface area (Å²) < 4.78 is 39.6. The van der Waals surface area contributed by atoms with Crippen LogP contribution in [0.15, 0.2) is 61.1 Å². The van der Waals surface area contributed by atoms with Gasteiger partial charge in [0.2, 0.25) is 5.91 Å². The summed E-state index contributed by atoms with van der Waals surface area (Å²) in [6, 6.07) is 6.01. The zero-order valence-corrected chi connectivity index (χ0v) is 19.5. The Balaban J connectivity index is 1.54. The van der Waals surface area contributed by atoms with Gasteiger partial charge in [-0.05, 0) is 56.4 Å². The van der Waals surface area contributed by atoms with E-state index in [1.54, 1.807) is 24.3 Å². The number of anilines is 1. The minimum absolute atomic E-state index is 0.207. The summed E-state index contributed by atoms with van der Waals surface area (Å²) in [5, 5.41) is 15.0. The third-order valence-corrected chi connectivity index (χ3v) is 6.09. The number of rotatable bonds is 10. The Morgan fingerprint density at radius 2 is 1.91 bits per heavy atom. The van der Waals surface area contributed by atoms with Gasteiger partial charge in [0, 0.05) is 24.1 Å². The molecule has 1 heterocycles. The van der Waals surface area contributed by atoms with Crippen LogP contribution in [0.1, 0.15) is 38.8 Å². The number of benzene rings is 1. The number of carbonyl (C=O) groups is 2. The number of nitrogens with one attached hydrogen (secondary N) is 2. The van der Waals surface area contributed by atoms with Crippen LogP contribution in [0.2, 0.25) is 0 Å². The van der Waals surface area contributed by atoms with Gasteiger partial charge in [-0.15, -0.1) is 0 Å². The second-order valence-electron chi connectivity index (χ2n) is 8.92. The number of nitrogens with zero attached hydrogens (tertiary/aromatic N) is 2. The quantitative estimate of drug-likeness (QED) is 0.444. The number of alkyl halides is 3. The smallest absolute Gasteiger partial charge is 0.434 e. The van der Waals surface area contributed by atoms with Gasteiger partial charge in [-0.2, -0.15) is 13.2 Å². The van der Waals surface area contributed by atoms with E-state index >= 15 is 0 Å². The standard InChI is InChI=1S/C25H29F3N4O3/c1-17(10-13-24(11-4-3-5-12-24)23(35)31-18(2)22(33)34)14-29-19-6-8-20(9-7-19)32-15-21(30-16-32)25(26,27)28/h3-9,11,15-18,29H,10,12-14H2,1-2H3,(H,31,35)(H,33,34). The molecule has 1 aliphatic carbocycles. The first-order valence-corrected chi connectivity index (χ1v) is 11.3. The predicted molar refractivity (Wildman–Crippen MR) is 126 cm³/mol. The highest BCUT2D eigenvalue weighted by molar-refractivity contribution is 5.89. The first-order valence-electron chi connectivity index (χ1n) is 11.3. The number of hydrogen-bond donors (Lipinski definition) is 3. The molecule has 1 amide bonds. The zero-order valence-electron chi connectivity index (χ0n) is 19.5. The second kappa shape index (κ2) is 10.8. The van der Waals surface area contributed by atoms with Gasteiger partial charge >= 0.3 is 12.1 Å². The normalized spacial score (nSPS) is 19.2. The summed E-state index contributed by atoms with van der Waals surface area (Å²) in [5.74, 6) is -1.17. The van der Waals surface area contributed by atoms with E-state index in [0.717, 1.165) is 24.6 Å². The van der Waals surface area contributed by atoms with Gasteiger partial charge in [0.05, 0.1) is 11.7 Å². The molecule has 0 saturated heterocycles. The van der Waals surface area contributed by atoms with Gasteiger partial charge < -0.3 is 20.3 Å². The van der Waals surface area contributed by atoms with Crippen molar-refractivity contribution in [2.24, 2.45) is 11.3 Å². The number of hydrogen-bond acceptors (Lipinski definition) is 4. The summed E-state index contributed by atoms with van der Waals surface area (Å²) in [7, 11) is 0. The van der Waals surface area contributed by atoms with Crippen LogP contribution < -0.4 is 10.6 Å². The molecule has 3 unspecified atom stereocenters. The molecule has 0 saturated carbocycles. The molecule has 1 aromatic carbocycles. The van der Waals surface area contributed by atoms with Gasteiger partial charge in [0.25, 0.3) is 0 Å². The average Bonchev–Trinajstić information content (AvgIpc) is 3.33. The SMILES string of the molecule is CC(CCC1(C(=O)NC(C)C(=O)O)C=CC=CC1)CNc1ccc(-n2cnc(C(F)(F)F)c2)cc1. The van der Waals surface area contributed by atoms with Crippen molar-refractivity contribution >= 4 is 17.6 Å². The maximum atomic E-state index is 12.9. The van der Waals surface area contributed by atoms with E-state index in [0.29, 0.717) is 25.1 Å². The molecular formula is C25H29F3N4O3. The number of halogens is 3. The van der Waals surface area contributed by atoms with Crippen LogP contribution in [0, 0.1) is 11.3 Å². The fraction of sp³-hybridized carbons (Fsp3) is 0.400. The fourth-order valence-electron chi connectivity index (χ4n) is 3.79. The number of allylic oxidation sites excluding steroid dienone is 3. The number of aliphatic carboxylic acids is 1. The lowest BCUT2D eigenvalue weighted by molar-refractivity contribution is -0.142. The Morgan fingerprint density at radius 1 is 1.20 bits per heavy atom. The Labute approximate surface area is 201 Å². The highest BCUT2D eigenvalue weighted by Crippen LogP contribution is 2.35. The molecule has 1 aromatic heterocycles. The molecule has 3 N–H and O–H groups in total. The molecule has 0 bridgehead atoms. The summed E-state index contributed by atoms with van der Waals surface area (Å²) in [6.07, 6.45) is 6.83. The molecule has 0 radical (unpaired) electrons. The summed E-state index contributed by atoms with van der Waals surface area (Å²) in [4.78, 5) is 27.4. The van der Waals surface area contributed by atoms with Crippen molar-refractivity contribution in [1.29, 1.82) is 0 Å². The van der Waals surface area contributed by atoms with Crippen molar-refractivity contribution < 1.29 is 27.9 Å². The minimum atomic E-state index is -4.49. The topological polar surface area (TPSA) is 96.3 Å². The molecule has 0 aliphatic heterocycles. The molecule has 188 valence electrons. The van der Waals surface area contributed by atoms with Crippen LogP contribution >= 0.6 is 0 Å². The maximum Gasteiger partial charge on any atom is 0.434 e. The van der Waals surface area contributed by atoms with Crippen molar-refractivity contribution in [1.82, 2.24) is 14.9 Å². The van der Waals surface area contributed by atoms with Crippen LogP contribution in [0.4, 0.5) is 18.9 Å². The van der Waals surface area contributed by atoms with E-state index in [1.807, 2.05) is 24.3 Å². The van der Waals surface area contributed by atoms with Crippen molar-refractivity contribution in [2.45, 2.75) is 45.3 Å². The van der Waals surface area contributed by atoms with Crippen molar-refractivity contribution in [3.8, 4) is 5.69 Å². The first kappa shape index (κ1) is 26.1. The Hall–Kier alpha value is -3.56. The zero-order chi connectivity index (χ0) is 25.6. The van der Waals surface area contributed by atoms with E-state index in [9.17, 15) is 22.8 Å². The van der Waals surface area contributed by atoms with Gasteiger partial charge in [0.15, 0.2) is 5.69 Å². The highest BCUT2D eigenvalue weighted by atomic mass is 19.4. The maximum absolute atomic E-state index is 12.9. The summed E-state index contributed by atoms with van der Waals surface area (Å²) in [6.45, 7) is 4.13. The Morgan fingerprint density at radius 3 is 2.49 bits per heavy atom. The van der Waals surface area contributed by atoms with E-state index in [4.69, 9.17) is 5.11 Å². The van der Waals surface area contributed by atoms with E-state index in [1.165, 1.54) is 11.5 Å². The number of imidazole rings is 1. The average molecular weight is 491 g/mol. The molecule has 35 heavy (non-hydrogen) atoms. The molecule has 7 nitrogen and oxygen atoms in total. The molecule has 0 spiro atoms. The van der Waals surface area contributed by atoms with E-state index < -0.39 is 29.3 Å². The number of carboxylic acid groups (broad SMARTS) is 1. The third kappa shape index (κ3) is 6.74. The second-order valence-corrected chi connectivity index (χ2v) is 8.92. The lowest BCUT2D eigenvalue weighted by Gasteiger charge is -2.32. The number of carboxylic acids is 1. The first-order chi connectivity index (χ1) is 16.5. The van der Waals surface area contributed by atoms with Crippen LogP contribution in [-0.2, 0) is 15.8 Å². The molecule has 0 fully saturated rings. The minimum Gasteiger partial charge on any atom is -0.480 e. The van der Waals surface area contributed by atoms with Crippen molar-refractivity contribution in [2.75, 3.05) is 11.9 Å². The molecule has 3 rings (SSSR count). The van der Waals surface area contributed by atoms with Crippen LogP contribution in [0.25, 0.3) is 5.69 Å². The Bertz CT molecular complexity index is 1090. The molecule has 3 atom stereocenters. The van der Waals surface area contributed by atoms with Gasteiger partial charge in [-0.1, -0.05) is 31.2 Å². The third-order valence-electron chi connectivity index (χ3n) is 6.09. The largest absolute Gasteiger partial charge is 0.480 e. The summed E-state index contributed by atoms with van der Waals surface area (Å²) in [5.41, 5.74) is -0.345. The Kier molecular flexibility index (Phi) is 8.03. The highest BCUT2D eigenvalue weighted by Gasteiger charge is 2.37. The lowest BCUT2D eigenvalue weighted by Crippen LogP contribution is -2.47. The van der Waals surface area contributed by atoms with Crippen LogP contribution in [0.5, 0.6) is 0 Å². The molecule has 1 aliphatic rings. The number of aromatic nitrogens is 2. The monoisotopic (exact) mass is 490 g/mol. The predicted octanol–water partition coefficient (Wildman–Crippen LogP) is 4.81. The molecule has 2 aromatic rings. The summed E-state index contributed by atoms with van der Waals surface area (Å²) >= 11 is 0. The van der Waals surface area contributed by atoms with Crippen molar-refractivity contribution in [3.63, 3.8) is 0 Å². The van der Waals surface area contributed by atoms with Gasteiger partial charge in [-0.25, -0.2) is 4.98 Å². The van der Waals surface area contributed by atoms with Crippen molar-refractivity contribution in [3.05, 3.63) is 66.8 Å². The van der Waals surface area contributed by atoms with Crippen LogP contribution in [-0.4, -0.2) is 39.1 Å². The van der Waals surface area contributed by atoms with E-state index in [-0.39, 0.29) is 11.8 Å². The molecule has 10 heteroatoms. The fourth-order valence-corrected chi connectivity index (χ4v) is 3.79. The van der Waals surface area contributed by atoms with Crippen LogP contribution in [0.3, 0.4) is 0 Å². The number of carbonyl (C=O) groups excluding carboxylic acids is 1. The van der Waals surface area contributed by atoms with Gasteiger partial charge in [0.1, 0.15) is 6.04 Å². The van der Waals surface area contributed by atoms with Gasteiger partial charge in [-0.3, -0.25) is 9.59 Å². The lowest BCUT2D eigenvalue weighted by atomic mass is 9.75. The molecular weight excluding hydrogens is 461 g/mol. The van der Waals surface area contributed by atoms with E-state index in [2.05, 4.69) is 22.5 Å².